The van der Waals surface area contributed by atoms with Crippen LogP contribution in [0.1, 0.15) is 16.7 Å². The average molecular weight is 405 g/mol. The third-order valence-electron chi connectivity index (χ3n) is 4.75. The smallest absolute Gasteiger partial charge is 0.238 e. The van der Waals surface area contributed by atoms with E-state index in [2.05, 4.69) is 5.32 Å². The monoisotopic (exact) mass is 404 g/mol. The zero-order valence-corrected chi connectivity index (χ0v) is 17.7. The molecule has 0 heterocycles. The number of anilines is 1. The van der Waals surface area contributed by atoms with Crippen molar-refractivity contribution in [3.05, 3.63) is 89.5 Å². The van der Waals surface area contributed by atoms with Crippen molar-refractivity contribution < 1.29 is 14.3 Å². The van der Waals surface area contributed by atoms with Crippen molar-refractivity contribution in [1.29, 1.82) is 0 Å². The third-order valence-corrected chi connectivity index (χ3v) is 4.75. The van der Waals surface area contributed by atoms with E-state index in [1.54, 1.807) is 7.11 Å². The van der Waals surface area contributed by atoms with Crippen molar-refractivity contribution in [2.24, 2.45) is 0 Å². The van der Waals surface area contributed by atoms with Gasteiger partial charge in [-0.2, -0.15) is 0 Å². The fraction of sp³-hybridized carbons (Fsp3) is 0.240. The average Bonchev–Trinajstić information content (AvgIpc) is 2.75. The first-order valence-corrected chi connectivity index (χ1v) is 9.93. The summed E-state index contributed by atoms with van der Waals surface area (Å²) in [5.74, 6) is 1.34. The standard InChI is InChI=1S/C25H28N2O3/c1-19-9-7-8-12-22(19)26-25(28)17-27(2)16-21-13-14-23(24(15-21)29-3)30-18-20-10-5-4-6-11-20/h4-15H,16-18H2,1-3H3,(H,26,28). The molecule has 0 fully saturated rings. The van der Waals surface area contributed by atoms with Crippen LogP contribution in [-0.4, -0.2) is 31.5 Å². The van der Waals surface area contributed by atoms with Crippen molar-refractivity contribution in [2.75, 3.05) is 26.0 Å². The lowest BCUT2D eigenvalue weighted by molar-refractivity contribution is -0.117. The van der Waals surface area contributed by atoms with Crippen LogP contribution >= 0.6 is 0 Å². The Kier molecular flexibility index (Phi) is 7.46. The Labute approximate surface area is 178 Å². The van der Waals surface area contributed by atoms with Crippen molar-refractivity contribution >= 4 is 11.6 Å². The Morgan fingerprint density at radius 3 is 2.40 bits per heavy atom. The predicted octanol–water partition coefficient (Wildman–Crippen LogP) is 4.65. The van der Waals surface area contributed by atoms with Crippen LogP contribution in [0.3, 0.4) is 0 Å². The molecule has 0 atom stereocenters. The number of carbonyl (C=O) groups is 1. The maximum absolute atomic E-state index is 12.4. The van der Waals surface area contributed by atoms with Gasteiger partial charge >= 0.3 is 0 Å². The summed E-state index contributed by atoms with van der Waals surface area (Å²) in [7, 11) is 3.55. The van der Waals surface area contributed by atoms with E-state index in [0.717, 1.165) is 22.4 Å². The maximum Gasteiger partial charge on any atom is 0.238 e. The highest BCUT2D eigenvalue weighted by Gasteiger charge is 2.11. The number of carbonyl (C=O) groups excluding carboxylic acids is 1. The molecule has 0 aromatic heterocycles. The number of hydrogen-bond acceptors (Lipinski definition) is 4. The van der Waals surface area contributed by atoms with E-state index < -0.39 is 0 Å². The number of aryl methyl sites for hydroxylation is 1. The van der Waals surface area contributed by atoms with Gasteiger partial charge in [-0.1, -0.05) is 54.6 Å². The van der Waals surface area contributed by atoms with Crippen LogP contribution < -0.4 is 14.8 Å². The van der Waals surface area contributed by atoms with Gasteiger partial charge in [-0.15, -0.1) is 0 Å². The molecule has 30 heavy (non-hydrogen) atoms. The van der Waals surface area contributed by atoms with Crippen molar-refractivity contribution in [3.63, 3.8) is 0 Å². The minimum absolute atomic E-state index is 0.0402. The Hall–Kier alpha value is -3.31. The minimum atomic E-state index is -0.0402. The number of amides is 1. The molecular formula is C25H28N2O3. The second-order valence-electron chi connectivity index (χ2n) is 7.29. The molecule has 1 N–H and O–H groups in total. The molecule has 3 aromatic rings. The summed E-state index contributed by atoms with van der Waals surface area (Å²) in [5, 5.41) is 2.97. The molecule has 0 aliphatic rings. The van der Waals surface area contributed by atoms with Crippen molar-refractivity contribution in [2.45, 2.75) is 20.1 Å². The SMILES string of the molecule is COc1cc(CN(C)CC(=O)Nc2ccccc2C)ccc1OCc1ccccc1. The molecule has 5 heteroatoms. The van der Waals surface area contributed by atoms with E-state index in [0.29, 0.717) is 31.2 Å². The lowest BCUT2D eigenvalue weighted by Crippen LogP contribution is -2.30. The van der Waals surface area contributed by atoms with Gasteiger partial charge in [0.2, 0.25) is 5.91 Å². The number of benzene rings is 3. The molecule has 0 aliphatic carbocycles. The number of nitrogens with one attached hydrogen (secondary N) is 1. The van der Waals surface area contributed by atoms with Crippen LogP contribution in [0, 0.1) is 6.92 Å². The Morgan fingerprint density at radius 1 is 0.933 bits per heavy atom. The number of para-hydroxylation sites is 1. The maximum atomic E-state index is 12.4. The largest absolute Gasteiger partial charge is 0.493 e. The van der Waals surface area contributed by atoms with E-state index in [-0.39, 0.29) is 5.91 Å². The number of hydrogen-bond donors (Lipinski definition) is 1. The molecule has 0 unspecified atom stereocenters. The Morgan fingerprint density at radius 2 is 1.67 bits per heavy atom. The number of rotatable bonds is 9. The Bertz CT molecular complexity index is 973. The number of methoxy groups -OCH3 is 1. The first kappa shape index (κ1) is 21.4. The molecule has 0 spiro atoms. The molecule has 3 aromatic carbocycles. The molecule has 0 saturated heterocycles. The van der Waals surface area contributed by atoms with E-state index in [9.17, 15) is 4.79 Å². The molecule has 0 aliphatic heterocycles. The molecule has 0 bridgehead atoms. The summed E-state index contributed by atoms with van der Waals surface area (Å²) in [5.41, 5.74) is 4.04. The fourth-order valence-corrected chi connectivity index (χ4v) is 3.18. The van der Waals surface area contributed by atoms with Gasteiger partial charge in [0.15, 0.2) is 11.5 Å². The number of ether oxygens (including phenoxy) is 2. The van der Waals surface area contributed by atoms with E-state index in [1.165, 1.54) is 0 Å². The lowest BCUT2D eigenvalue weighted by Gasteiger charge is -2.18. The fourth-order valence-electron chi connectivity index (χ4n) is 3.18. The first-order chi connectivity index (χ1) is 14.5. The van der Waals surface area contributed by atoms with Crippen molar-refractivity contribution in [3.8, 4) is 11.5 Å². The summed E-state index contributed by atoms with van der Waals surface area (Å²) in [6.45, 7) is 3.38. The summed E-state index contributed by atoms with van der Waals surface area (Å²) in [4.78, 5) is 14.3. The van der Waals surface area contributed by atoms with Crippen LogP contribution in [-0.2, 0) is 17.9 Å². The van der Waals surface area contributed by atoms with Crippen molar-refractivity contribution in [1.82, 2.24) is 4.90 Å². The molecule has 5 nitrogen and oxygen atoms in total. The van der Waals surface area contributed by atoms with Crippen LogP contribution in [0.25, 0.3) is 0 Å². The van der Waals surface area contributed by atoms with Gasteiger partial charge in [-0.25, -0.2) is 0 Å². The summed E-state index contributed by atoms with van der Waals surface area (Å²) in [6, 6.07) is 23.6. The lowest BCUT2D eigenvalue weighted by atomic mass is 10.2. The first-order valence-electron chi connectivity index (χ1n) is 9.93. The quantitative estimate of drug-likeness (QED) is 0.564. The van der Waals surface area contributed by atoms with Gasteiger partial charge in [0.1, 0.15) is 6.61 Å². The topological polar surface area (TPSA) is 50.8 Å². The number of likely N-dealkylation sites (N-methyl/N-ethyl adjacent to an activating group) is 1. The number of nitrogens with zero attached hydrogens (tertiary/aromatic N) is 1. The highest BCUT2D eigenvalue weighted by Crippen LogP contribution is 2.29. The zero-order valence-electron chi connectivity index (χ0n) is 17.7. The van der Waals surface area contributed by atoms with Crippen LogP contribution in [0.4, 0.5) is 5.69 Å². The molecule has 1 amide bonds. The minimum Gasteiger partial charge on any atom is -0.493 e. The van der Waals surface area contributed by atoms with Gasteiger partial charge in [0, 0.05) is 12.2 Å². The van der Waals surface area contributed by atoms with E-state index in [1.807, 2.05) is 91.7 Å². The van der Waals surface area contributed by atoms with E-state index >= 15 is 0 Å². The zero-order chi connectivity index (χ0) is 21.3. The van der Waals surface area contributed by atoms with Gasteiger partial charge in [0.25, 0.3) is 0 Å². The molecule has 3 rings (SSSR count). The highest BCUT2D eigenvalue weighted by molar-refractivity contribution is 5.92. The normalized spacial score (nSPS) is 10.7. The summed E-state index contributed by atoms with van der Waals surface area (Å²) < 4.78 is 11.4. The Balaban J connectivity index is 1.56. The molecular weight excluding hydrogens is 376 g/mol. The summed E-state index contributed by atoms with van der Waals surface area (Å²) in [6.07, 6.45) is 0. The summed E-state index contributed by atoms with van der Waals surface area (Å²) >= 11 is 0. The van der Waals surface area contributed by atoms with Gasteiger partial charge in [0.05, 0.1) is 13.7 Å². The van der Waals surface area contributed by atoms with Crippen LogP contribution in [0.5, 0.6) is 11.5 Å². The second-order valence-corrected chi connectivity index (χ2v) is 7.29. The van der Waals surface area contributed by atoms with Crippen LogP contribution in [0.2, 0.25) is 0 Å². The molecule has 156 valence electrons. The second kappa shape index (κ2) is 10.5. The molecule has 0 saturated carbocycles. The van der Waals surface area contributed by atoms with Gasteiger partial charge < -0.3 is 14.8 Å². The highest BCUT2D eigenvalue weighted by atomic mass is 16.5. The molecule has 0 radical (unpaired) electrons. The third kappa shape index (κ3) is 6.09. The van der Waals surface area contributed by atoms with E-state index in [4.69, 9.17) is 9.47 Å². The van der Waals surface area contributed by atoms with Crippen LogP contribution in [0.15, 0.2) is 72.8 Å². The van der Waals surface area contributed by atoms with Gasteiger partial charge in [-0.3, -0.25) is 9.69 Å². The predicted molar refractivity (Wildman–Crippen MR) is 120 cm³/mol. The van der Waals surface area contributed by atoms with Gasteiger partial charge in [-0.05, 0) is 48.9 Å².